The monoisotopic (exact) mass is 164 g/mol. The molecule has 0 saturated carbocycles. The van der Waals surface area contributed by atoms with Crippen LogP contribution in [0.2, 0.25) is 0 Å². The van der Waals surface area contributed by atoms with Crippen LogP contribution in [-0.4, -0.2) is 34.2 Å². The highest BCUT2D eigenvalue weighted by Crippen LogP contribution is 2.08. The zero-order chi connectivity index (χ0) is 8.39. The molecule has 0 aromatic carbocycles. The third-order valence-electron chi connectivity index (χ3n) is 2.00. The van der Waals surface area contributed by atoms with Crippen LogP contribution in [0.15, 0.2) is 18.3 Å². The number of likely N-dealkylation sites (tertiary alicyclic amines) is 1. The van der Waals surface area contributed by atoms with Crippen LogP contribution in [0.5, 0.6) is 0 Å². The van der Waals surface area contributed by atoms with Gasteiger partial charge in [-0.1, -0.05) is 0 Å². The highest BCUT2D eigenvalue weighted by Gasteiger charge is 2.22. The van der Waals surface area contributed by atoms with E-state index in [1.165, 1.54) is 0 Å². The van der Waals surface area contributed by atoms with Gasteiger partial charge in [-0.05, 0) is 12.1 Å². The van der Waals surface area contributed by atoms with Gasteiger partial charge in [-0.2, -0.15) is 10.2 Å². The zero-order valence-corrected chi connectivity index (χ0v) is 6.85. The molecule has 1 aliphatic heterocycles. The molecule has 0 atom stereocenters. The summed E-state index contributed by atoms with van der Waals surface area (Å²) in [4.78, 5) is 2.26. The second kappa shape index (κ2) is 3.16. The molecule has 1 aromatic rings. The van der Waals surface area contributed by atoms with E-state index in [4.69, 9.17) is 5.73 Å². The fraction of sp³-hybridized carbons (Fsp3) is 0.500. The number of nitrogens with zero attached hydrogens (tertiary/aromatic N) is 3. The Morgan fingerprint density at radius 1 is 1.58 bits per heavy atom. The van der Waals surface area contributed by atoms with Gasteiger partial charge < -0.3 is 5.73 Å². The van der Waals surface area contributed by atoms with Crippen molar-refractivity contribution in [1.82, 2.24) is 15.1 Å². The van der Waals surface area contributed by atoms with Crippen molar-refractivity contribution < 1.29 is 0 Å². The van der Waals surface area contributed by atoms with Gasteiger partial charge in [-0.25, -0.2) is 0 Å². The molecule has 2 heterocycles. The normalized spacial score (nSPS) is 19.1. The molecule has 1 aromatic heterocycles. The Labute approximate surface area is 71.4 Å². The van der Waals surface area contributed by atoms with Crippen LogP contribution in [0, 0.1) is 0 Å². The van der Waals surface area contributed by atoms with Gasteiger partial charge in [0.2, 0.25) is 0 Å². The first kappa shape index (κ1) is 7.64. The maximum Gasteiger partial charge on any atom is 0.0771 e. The lowest BCUT2D eigenvalue weighted by atomic mass is 10.1. The average molecular weight is 164 g/mol. The van der Waals surface area contributed by atoms with E-state index >= 15 is 0 Å². The van der Waals surface area contributed by atoms with Crippen molar-refractivity contribution in [1.29, 1.82) is 0 Å². The molecule has 1 fully saturated rings. The van der Waals surface area contributed by atoms with Crippen molar-refractivity contribution in [2.75, 3.05) is 13.1 Å². The van der Waals surface area contributed by atoms with Crippen molar-refractivity contribution in [3.8, 4) is 0 Å². The molecular weight excluding hydrogens is 152 g/mol. The minimum atomic E-state index is 0.363. The highest BCUT2D eigenvalue weighted by molar-refractivity contribution is 5.00. The molecule has 0 amide bonds. The number of aromatic nitrogens is 2. The maximum absolute atomic E-state index is 5.64. The van der Waals surface area contributed by atoms with Crippen molar-refractivity contribution in [3.63, 3.8) is 0 Å². The van der Waals surface area contributed by atoms with E-state index in [1.807, 2.05) is 12.1 Å². The summed E-state index contributed by atoms with van der Waals surface area (Å²) in [5, 5.41) is 7.80. The summed E-state index contributed by atoms with van der Waals surface area (Å²) in [6.07, 6.45) is 1.69. The summed E-state index contributed by atoms with van der Waals surface area (Å²) in [5.74, 6) is 0. The van der Waals surface area contributed by atoms with E-state index in [1.54, 1.807) is 6.20 Å². The molecule has 2 rings (SSSR count). The fourth-order valence-corrected chi connectivity index (χ4v) is 1.39. The minimum Gasteiger partial charge on any atom is -0.325 e. The fourth-order valence-electron chi connectivity index (χ4n) is 1.39. The Morgan fingerprint density at radius 2 is 2.42 bits per heavy atom. The molecule has 0 radical (unpaired) electrons. The number of rotatable bonds is 2. The lowest BCUT2D eigenvalue weighted by Gasteiger charge is -2.36. The molecule has 0 aliphatic carbocycles. The van der Waals surface area contributed by atoms with Crippen LogP contribution in [-0.2, 0) is 6.54 Å². The minimum absolute atomic E-state index is 0.363. The molecule has 0 bridgehead atoms. The molecule has 1 aliphatic rings. The summed E-state index contributed by atoms with van der Waals surface area (Å²) < 4.78 is 0. The quantitative estimate of drug-likeness (QED) is 0.647. The number of nitrogens with two attached hydrogens (primary N) is 1. The van der Waals surface area contributed by atoms with Crippen LogP contribution >= 0.6 is 0 Å². The number of hydrogen-bond donors (Lipinski definition) is 1. The van der Waals surface area contributed by atoms with Crippen molar-refractivity contribution in [2.24, 2.45) is 5.73 Å². The lowest BCUT2D eigenvalue weighted by molar-refractivity contribution is 0.140. The number of hydrogen-bond acceptors (Lipinski definition) is 4. The molecule has 2 N–H and O–H groups in total. The highest BCUT2D eigenvalue weighted by atomic mass is 15.2. The standard InChI is InChI=1S/C8H12N4/c9-7-4-12(5-7)6-8-2-1-3-10-11-8/h1-3,7H,4-6,9H2. The Balaban J connectivity index is 1.88. The molecule has 0 unspecified atom stereocenters. The molecule has 0 spiro atoms. The predicted octanol–water partition coefficient (Wildman–Crippen LogP) is -0.381. The lowest BCUT2D eigenvalue weighted by Crippen LogP contribution is -2.54. The van der Waals surface area contributed by atoms with Gasteiger partial charge in [-0.15, -0.1) is 0 Å². The van der Waals surface area contributed by atoms with Crippen LogP contribution in [0.4, 0.5) is 0 Å². The van der Waals surface area contributed by atoms with E-state index in [9.17, 15) is 0 Å². The molecule has 4 heteroatoms. The summed E-state index contributed by atoms with van der Waals surface area (Å²) in [6, 6.07) is 4.25. The van der Waals surface area contributed by atoms with E-state index in [2.05, 4.69) is 15.1 Å². The van der Waals surface area contributed by atoms with Crippen molar-refractivity contribution in [3.05, 3.63) is 24.0 Å². The van der Waals surface area contributed by atoms with Gasteiger partial charge in [0, 0.05) is 31.9 Å². The third kappa shape index (κ3) is 1.60. The van der Waals surface area contributed by atoms with Crippen LogP contribution in [0.25, 0.3) is 0 Å². The van der Waals surface area contributed by atoms with Gasteiger partial charge in [0.05, 0.1) is 5.69 Å². The predicted molar refractivity (Wildman–Crippen MR) is 45.3 cm³/mol. The Morgan fingerprint density at radius 3 is 3.00 bits per heavy atom. The Bertz CT molecular complexity index is 242. The van der Waals surface area contributed by atoms with Crippen molar-refractivity contribution >= 4 is 0 Å². The Hall–Kier alpha value is -1.00. The molecule has 1 saturated heterocycles. The van der Waals surface area contributed by atoms with E-state index < -0.39 is 0 Å². The summed E-state index contributed by atoms with van der Waals surface area (Å²) >= 11 is 0. The largest absolute Gasteiger partial charge is 0.325 e. The van der Waals surface area contributed by atoms with Crippen LogP contribution in [0.1, 0.15) is 5.69 Å². The molecule has 64 valence electrons. The first-order valence-corrected chi connectivity index (χ1v) is 4.09. The van der Waals surface area contributed by atoms with Crippen LogP contribution in [0.3, 0.4) is 0 Å². The van der Waals surface area contributed by atoms with Gasteiger partial charge in [0.15, 0.2) is 0 Å². The van der Waals surface area contributed by atoms with Crippen LogP contribution < -0.4 is 5.73 Å². The zero-order valence-electron chi connectivity index (χ0n) is 6.85. The molecular formula is C8H12N4. The van der Waals surface area contributed by atoms with Gasteiger partial charge >= 0.3 is 0 Å². The van der Waals surface area contributed by atoms with E-state index in [-0.39, 0.29) is 0 Å². The van der Waals surface area contributed by atoms with Gasteiger partial charge in [0.1, 0.15) is 0 Å². The first-order valence-electron chi connectivity index (χ1n) is 4.09. The summed E-state index contributed by atoms with van der Waals surface area (Å²) in [7, 11) is 0. The van der Waals surface area contributed by atoms with Gasteiger partial charge in [0.25, 0.3) is 0 Å². The molecule has 4 nitrogen and oxygen atoms in total. The topological polar surface area (TPSA) is 55.0 Å². The smallest absolute Gasteiger partial charge is 0.0771 e. The van der Waals surface area contributed by atoms with E-state index in [0.717, 1.165) is 25.3 Å². The third-order valence-corrected chi connectivity index (χ3v) is 2.00. The van der Waals surface area contributed by atoms with Crippen molar-refractivity contribution in [2.45, 2.75) is 12.6 Å². The molecule has 12 heavy (non-hydrogen) atoms. The van der Waals surface area contributed by atoms with Gasteiger partial charge in [-0.3, -0.25) is 4.90 Å². The second-order valence-electron chi connectivity index (χ2n) is 3.17. The van der Waals surface area contributed by atoms with E-state index in [0.29, 0.717) is 6.04 Å². The second-order valence-corrected chi connectivity index (χ2v) is 3.17. The summed E-state index contributed by atoms with van der Waals surface area (Å²) in [5.41, 5.74) is 6.66. The first-order chi connectivity index (χ1) is 5.84. The SMILES string of the molecule is NC1CN(Cc2cccnn2)C1. The average Bonchev–Trinajstić information content (AvgIpc) is 2.04. The summed E-state index contributed by atoms with van der Waals surface area (Å²) in [6.45, 7) is 2.84. The Kier molecular flexibility index (Phi) is 2.01. The maximum atomic E-state index is 5.64.